The third kappa shape index (κ3) is 3.92. The Balaban J connectivity index is 2.87. The Morgan fingerprint density at radius 1 is 1.50 bits per heavy atom. The van der Waals surface area contributed by atoms with Crippen molar-refractivity contribution in [3.63, 3.8) is 0 Å². The number of anilines is 1. The molecular formula is C12H14ClNO4. The van der Waals surface area contributed by atoms with E-state index in [1.54, 1.807) is 19.1 Å². The minimum Gasteiger partial charge on any atom is -0.481 e. The Morgan fingerprint density at radius 2 is 2.17 bits per heavy atom. The minimum absolute atomic E-state index is 0.0429. The second kappa shape index (κ2) is 6.26. The highest BCUT2D eigenvalue weighted by Gasteiger charge is 2.12. The summed E-state index contributed by atoms with van der Waals surface area (Å²) >= 11 is 5.96. The van der Waals surface area contributed by atoms with Crippen molar-refractivity contribution in [2.75, 3.05) is 12.4 Å². The molecule has 1 rings (SSSR count). The second-order valence-electron chi connectivity index (χ2n) is 3.83. The van der Waals surface area contributed by atoms with Crippen LogP contribution in [0.5, 0.6) is 0 Å². The average Bonchev–Trinajstić information content (AvgIpc) is 2.30. The quantitative estimate of drug-likeness (QED) is 0.804. The Kier molecular flexibility index (Phi) is 4.97. The van der Waals surface area contributed by atoms with Gasteiger partial charge in [-0.05, 0) is 25.1 Å². The van der Waals surface area contributed by atoms with E-state index < -0.39 is 11.9 Å². The molecule has 98 valence electrons. The summed E-state index contributed by atoms with van der Waals surface area (Å²) < 4.78 is 4.60. The monoisotopic (exact) mass is 271 g/mol. The first kappa shape index (κ1) is 14.3. The maximum Gasteiger partial charge on any atom is 0.337 e. The van der Waals surface area contributed by atoms with Gasteiger partial charge in [0.25, 0.3) is 0 Å². The van der Waals surface area contributed by atoms with Gasteiger partial charge in [0.15, 0.2) is 0 Å². The number of benzene rings is 1. The van der Waals surface area contributed by atoms with Crippen molar-refractivity contribution in [1.29, 1.82) is 0 Å². The predicted octanol–water partition coefficient (Wildman–Crippen LogP) is 2.40. The summed E-state index contributed by atoms with van der Waals surface area (Å²) in [6.07, 6.45) is -0.0429. The average molecular weight is 272 g/mol. The van der Waals surface area contributed by atoms with Gasteiger partial charge in [0, 0.05) is 6.04 Å². The zero-order chi connectivity index (χ0) is 13.7. The lowest BCUT2D eigenvalue weighted by Crippen LogP contribution is -2.19. The first-order valence-electron chi connectivity index (χ1n) is 5.30. The molecule has 0 bridgehead atoms. The van der Waals surface area contributed by atoms with Crippen molar-refractivity contribution in [2.24, 2.45) is 0 Å². The third-order valence-corrected chi connectivity index (χ3v) is 2.60. The molecule has 0 aliphatic carbocycles. The van der Waals surface area contributed by atoms with Crippen LogP contribution >= 0.6 is 11.6 Å². The van der Waals surface area contributed by atoms with Crippen molar-refractivity contribution < 1.29 is 19.4 Å². The van der Waals surface area contributed by atoms with Crippen LogP contribution in [0.3, 0.4) is 0 Å². The van der Waals surface area contributed by atoms with Gasteiger partial charge in [0.1, 0.15) is 0 Å². The number of carbonyl (C=O) groups is 2. The van der Waals surface area contributed by atoms with Gasteiger partial charge in [-0.2, -0.15) is 0 Å². The van der Waals surface area contributed by atoms with Crippen molar-refractivity contribution in [2.45, 2.75) is 19.4 Å². The number of carboxylic acid groups (broad SMARTS) is 1. The smallest absolute Gasteiger partial charge is 0.337 e. The van der Waals surface area contributed by atoms with Crippen molar-refractivity contribution >= 4 is 29.2 Å². The Hall–Kier alpha value is -1.75. The number of hydrogen-bond donors (Lipinski definition) is 2. The van der Waals surface area contributed by atoms with Gasteiger partial charge >= 0.3 is 11.9 Å². The van der Waals surface area contributed by atoms with Gasteiger partial charge in [0.2, 0.25) is 0 Å². The highest BCUT2D eigenvalue weighted by atomic mass is 35.5. The van der Waals surface area contributed by atoms with Crippen molar-refractivity contribution in [3.8, 4) is 0 Å². The van der Waals surface area contributed by atoms with E-state index in [0.717, 1.165) is 0 Å². The zero-order valence-electron chi connectivity index (χ0n) is 10.1. The van der Waals surface area contributed by atoms with E-state index in [-0.39, 0.29) is 12.5 Å². The maximum absolute atomic E-state index is 11.4. The van der Waals surface area contributed by atoms with E-state index in [2.05, 4.69) is 10.1 Å². The number of halogens is 1. The van der Waals surface area contributed by atoms with Crippen LogP contribution in [0.2, 0.25) is 5.02 Å². The molecule has 0 aliphatic rings. The van der Waals surface area contributed by atoms with E-state index in [1.165, 1.54) is 13.2 Å². The van der Waals surface area contributed by atoms with E-state index in [0.29, 0.717) is 16.3 Å². The van der Waals surface area contributed by atoms with Crippen LogP contribution in [0.1, 0.15) is 23.7 Å². The van der Waals surface area contributed by atoms with Crippen molar-refractivity contribution in [1.82, 2.24) is 0 Å². The molecule has 6 heteroatoms. The summed E-state index contributed by atoms with van der Waals surface area (Å²) in [6, 6.07) is 4.34. The number of aliphatic carboxylic acids is 1. The molecule has 0 radical (unpaired) electrons. The van der Waals surface area contributed by atoms with Crippen LogP contribution in [-0.4, -0.2) is 30.2 Å². The topological polar surface area (TPSA) is 75.6 Å². The van der Waals surface area contributed by atoms with Crippen LogP contribution in [0, 0.1) is 0 Å². The molecule has 1 unspecified atom stereocenters. The predicted molar refractivity (Wildman–Crippen MR) is 68.1 cm³/mol. The molecule has 18 heavy (non-hydrogen) atoms. The normalized spacial score (nSPS) is 11.7. The second-order valence-corrected chi connectivity index (χ2v) is 4.24. The Labute approximate surface area is 110 Å². The summed E-state index contributed by atoms with van der Waals surface area (Å²) in [6.45, 7) is 1.72. The fourth-order valence-corrected chi connectivity index (χ4v) is 1.63. The number of nitrogens with one attached hydrogen (secondary N) is 1. The molecule has 0 heterocycles. The molecule has 0 saturated carbocycles. The summed E-state index contributed by atoms with van der Waals surface area (Å²) in [5.41, 5.74) is 0.861. The Morgan fingerprint density at radius 3 is 2.72 bits per heavy atom. The number of methoxy groups -OCH3 is 1. The van der Waals surface area contributed by atoms with Crippen LogP contribution in [0.4, 0.5) is 5.69 Å². The molecule has 1 aromatic carbocycles. The molecule has 0 fully saturated rings. The molecule has 2 N–H and O–H groups in total. The van der Waals surface area contributed by atoms with E-state index in [9.17, 15) is 9.59 Å². The number of esters is 1. The van der Waals surface area contributed by atoms with Gasteiger partial charge in [0.05, 0.1) is 29.8 Å². The maximum atomic E-state index is 11.4. The minimum atomic E-state index is -0.907. The number of ether oxygens (including phenoxy) is 1. The molecule has 0 spiro atoms. The standard InChI is InChI=1S/C12H14ClNO4/c1-7(5-11(15)16)14-10-6-8(12(17)18-2)3-4-9(10)13/h3-4,6-7,14H,5H2,1-2H3,(H,15,16). The fraction of sp³-hybridized carbons (Fsp3) is 0.333. The highest BCUT2D eigenvalue weighted by Crippen LogP contribution is 2.24. The third-order valence-electron chi connectivity index (χ3n) is 2.27. The number of rotatable bonds is 5. The Bertz CT molecular complexity index is 461. The lowest BCUT2D eigenvalue weighted by atomic mass is 10.1. The van der Waals surface area contributed by atoms with Gasteiger partial charge in [-0.3, -0.25) is 4.79 Å². The number of hydrogen-bond acceptors (Lipinski definition) is 4. The van der Waals surface area contributed by atoms with Crippen LogP contribution in [0.25, 0.3) is 0 Å². The first-order chi connectivity index (χ1) is 8.43. The number of carbonyl (C=O) groups excluding carboxylic acids is 1. The van der Waals surface area contributed by atoms with Crippen LogP contribution in [-0.2, 0) is 9.53 Å². The molecule has 0 amide bonds. The van der Waals surface area contributed by atoms with Gasteiger partial charge < -0.3 is 15.2 Å². The summed E-state index contributed by atoms with van der Waals surface area (Å²) in [4.78, 5) is 21.9. The van der Waals surface area contributed by atoms with E-state index in [4.69, 9.17) is 16.7 Å². The summed E-state index contributed by atoms with van der Waals surface area (Å²) in [7, 11) is 1.29. The lowest BCUT2D eigenvalue weighted by Gasteiger charge is -2.15. The molecule has 0 saturated heterocycles. The molecular weight excluding hydrogens is 258 g/mol. The zero-order valence-corrected chi connectivity index (χ0v) is 10.8. The van der Waals surface area contributed by atoms with Crippen LogP contribution < -0.4 is 5.32 Å². The van der Waals surface area contributed by atoms with Crippen LogP contribution in [0.15, 0.2) is 18.2 Å². The van der Waals surface area contributed by atoms with Gasteiger partial charge in [-0.25, -0.2) is 4.79 Å². The summed E-state index contributed by atoms with van der Waals surface area (Å²) in [5, 5.41) is 12.0. The van der Waals surface area contributed by atoms with Crippen molar-refractivity contribution in [3.05, 3.63) is 28.8 Å². The molecule has 1 atom stereocenters. The molecule has 1 aromatic rings. The summed E-state index contributed by atoms with van der Waals surface area (Å²) in [5.74, 6) is -1.38. The first-order valence-corrected chi connectivity index (χ1v) is 5.68. The molecule has 5 nitrogen and oxygen atoms in total. The molecule has 0 aromatic heterocycles. The van der Waals surface area contributed by atoms with E-state index >= 15 is 0 Å². The SMILES string of the molecule is COC(=O)c1ccc(Cl)c(NC(C)CC(=O)O)c1. The van der Waals surface area contributed by atoms with E-state index in [1.807, 2.05) is 0 Å². The number of carboxylic acids is 1. The lowest BCUT2D eigenvalue weighted by molar-refractivity contribution is -0.137. The molecule has 0 aliphatic heterocycles. The van der Waals surface area contributed by atoms with Gasteiger partial charge in [-0.15, -0.1) is 0 Å². The highest BCUT2D eigenvalue weighted by molar-refractivity contribution is 6.33. The van der Waals surface area contributed by atoms with Gasteiger partial charge in [-0.1, -0.05) is 11.6 Å². The fourth-order valence-electron chi connectivity index (χ4n) is 1.46. The largest absolute Gasteiger partial charge is 0.481 e.